The van der Waals surface area contributed by atoms with Gasteiger partial charge < -0.3 is 5.32 Å². The maximum atomic E-state index is 3.28. The molecule has 0 aromatic heterocycles. The minimum atomic E-state index is 0.0153. The standard InChI is InChI=1S/C8H19NS/c1-6-10(5)7-8(2,3)9-4/h9-10H,7H2,1-5H3. The lowest BCUT2D eigenvalue weighted by Gasteiger charge is -2.23. The van der Waals surface area contributed by atoms with E-state index in [9.17, 15) is 0 Å². The van der Waals surface area contributed by atoms with E-state index in [4.69, 9.17) is 0 Å². The average Bonchev–Trinajstić information content (AvgIpc) is 1.87. The molecule has 0 aliphatic heterocycles. The fourth-order valence-electron chi connectivity index (χ4n) is 0.751. The molecule has 10 heavy (non-hydrogen) atoms. The molecule has 62 valence electrons. The second kappa shape index (κ2) is 4.07. The van der Waals surface area contributed by atoms with Gasteiger partial charge in [0, 0.05) is 11.3 Å². The van der Waals surface area contributed by atoms with E-state index in [1.54, 1.807) is 0 Å². The van der Waals surface area contributed by atoms with Gasteiger partial charge >= 0.3 is 0 Å². The van der Waals surface area contributed by atoms with Gasteiger partial charge in [-0.25, -0.2) is 10.3 Å². The van der Waals surface area contributed by atoms with Gasteiger partial charge in [0.05, 0.1) is 0 Å². The molecule has 0 fully saturated rings. The first-order valence-corrected chi connectivity index (χ1v) is 5.56. The molecule has 0 aromatic carbocycles. The molecular weight excluding hydrogens is 142 g/mol. The highest BCUT2D eigenvalue weighted by atomic mass is 32.2. The van der Waals surface area contributed by atoms with Crippen molar-refractivity contribution in [2.75, 3.05) is 19.1 Å². The zero-order valence-electron chi connectivity index (χ0n) is 7.65. The fraction of sp³-hybridized carbons (Fsp3) is 0.875. The summed E-state index contributed by atoms with van der Waals surface area (Å²) < 4.78 is 0. The molecule has 0 saturated carbocycles. The smallest absolute Gasteiger partial charge is 0.0203 e. The van der Waals surface area contributed by atoms with Crippen molar-refractivity contribution in [2.45, 2.75) is 26.3 Å². The summed E-state index contributed by atoms with van der Waals surface area (Å²) in [4.78, 5) is 0. The third kappa shape index (κ3) is 3.99. The monoisotopic (exact) mass is 161 g/mol. The molecule has 0 aliphatic carbocycles. The highest BCUT2D eigenvalue weighted by Gasteiger charge is 2.12. The Morgan fingerprint density at radius 3 is 2.30 bits per heavy atom. The molecule has 0 rings (SSSR count). The zero-order chi connectivity index (χ0) is 8.20. The molecule has 0 amide bonds. The first-order valence-electron chi connectivity index (χ1n) is 3.59. The summed E-state index contributed by atoms with van der Waals surface area (Å²) in [6, 6.07) is 0. The van der Waals surface area contributed by atoms with Crippen molar-refractivity contribution in [2.24, 2.45) is 0 Å². The van der Waals surface area contributed by atoms with Crippen LogP contribution in [0.2, 0.25) is 0 Å². The fourth-order valence-corrected chi connectivity index (χ4v) is 2.25. The lowest BCUT2D eigenvalue weighted by Crippen LogP contribution is -2.38. The Labute approximate surface area is 66.8 Å². The van der Waals surface area contributed by atoms with Gasteiger partial charge in [0.15, 0.2) is 0 Å². The molecule has 0 aliphatic rings. The number of thiol groups is 1. The highest BCUT2D eigenvalue weighted by Crippen LogP contribution is 2.12. The van der Waals surface area contributed by atoms with E-state index in [0.717, 1.165) is 0 Å². The Morgan fingerprint density at radius 2 is 2.00 bits per heavy atom. The van der Waals surface area contributed by atoms with Crippen LogP contribution in [0.1, 0.15) is 20.8 Å². The summed E-state index contributed by atoms with van der Waals surface area (Å²) in [5.41, 5.74) is 0.281. The van der Waals surface area contributed by atoms with Crippen LogP contribution in [-0.2, 0) is 0 Å². The van der Waals surface area contributed by atoms with Crippen LogP contribution in [0.15, 0.2) is 0 Å². The molecule has 0 bridgehead atoms. The Hall–Kier alpha value is 0.0900. The quantitative estimate of drug-likeness (QED) is 0.586. The number of hydrogen-bond acceptors (Lipinski definition) is 1. The molecular formula is C8H19NS. The summed E-state index contributed by atoms with van der Waals surface area (Å²) >= 11 is 0. The Bertz CT molecular complexity index is 171. The molecule has 1 unspecified atom stereocenters. The van der Waals surface area contributed by atoms with Gasteiger partial charge in [-0.05, 0) is 34.1 Å². The van der Waals surface area contributed by atoms with Gasteiger partial charge in [0.2, 0.25) is 0 Å². The second-order valence-corrected chi connectivity index (χ2v) is 5.37. The Morgan fingerprint density at radius 1 is 1.50 bits per heavy atom. The summed E-state index contributed by atoms with van der Waals surface area (Å²) in [7, 11) is 2.03. The molecule has 0 saturated heterocycles. The van der Waals surface area contributed by atoms with E-state index in [2.05, 4.69) is 30.6 Å². The molecule has 1 N–H and O–H groups in total. The van der Waals surface area contributed by atoms with Crippen molar-refractivity contribution in [1.82, 2.24) is 5.32 Å². The van der Waals surface area contributed by atoms with E-state index < -0.39 is 0 Å². The number of rotatable bonds is 2. The predicted molar refractivity (Wildman–Crippen MR) is 52.5 cm³/mol. The molecule has 1 atom stereocenters. The topological polar surface area (TPSA) is 12.0 Å². The van der Waals surface area contributed by atoms with E-state index in [1.807, 2.05) is 14.0 Å². The van der Waals surface area contributed by atoms with Gasteiger partial charge in [-0.1, -0.05) is 0 Å². The molecule has 1 nitrogen and oxygen atoms in total. The zero-order valence-corrected chi connectivity index (χ0v) is 8.55. The SMILES string of the molecule is CC#[SH](C)CC(C)(C)NC. The van der Waals surface area contributed by atoms with Crippen LogP contribution in [0.3, 0.4) is 0 Å². The first-order chi connectivity index (χ1) is 4.52. The molecule has 0 aromatic rings. The van der Waals surface area contributed by atoms with Crippen LogP contribution in [0.25, 0.3) is 0 Å². The molecule has 0 heterocycles. The van der Waals surface area contributed by atoms with Crippen molar-refractivity contribution in [3.63, 3.8) is 0 Å². The largest absolute Gasteiger partial charge is 0.314 e. The second-order valence-electron chi connectivity index (χ2n) is 3.21. The van der Waals surface area contributed by atoms with Crippen LogP contribution in [0, 0.1) is 5.18 Å². The van der Waals surface area contributed by atoms with Crippen molar-refractivity contribution < 1.29 is 0 Å². The normalized spacial score (nSPS) is 14.5. The van der Waals surface area contributed by atoms with Gasteiger partial charge in [-0.2, -0.15) is 0 Å². The van der Waals surface area contributed by atoms with Gasteiger partial charge in [-0.3, -0.25) is 0 Å². The Kier molecular flexibility index (Phi) is 4.11. The summed E-state index contributed by atoms with van der Waals surface area (Å²) in [5, 5.41) is 6.56. The van der Waals surface area contributed by atoms with Crippen molar-refractivity contribution in [1.29, 1.82) is 0 Å². The maximum Gasteiger partial charge on any atom is 0.0203 e. The molecule has 0 radical (unpaired) electrons. The number of nitrogens with one attached hydrogen (secondary N) is 1. The van der Waals surface area contributed by atoms with E-state index >= 15 is 0 Å². The van der Waals surface area contributed by atoms with Crippen molar-refractivity contribution in [3.8, 4) is 5.18 Å². The lowest BCUT2D eigenvalue weighted by atomic mass is 10.1. The Balaban J connectivity index is 3.97. The van der Waals surface area contributed by atoms with E-state index in [-0.39, 0.29) is 15.8 Å². The maximum absolute atomic E-state index is 3.28. The minimum absolute atomic E-state index is 0.0153. The summed E-state index contributed by atoms with van der Waals surface area (Å²) in [6.07, 6.45) is 2.26. The van der Waals surface area contributed by atoms with E-state index in [1.165, 1.54) is 5.75 Å². The molecule has 0 spiro atoms. The van der Waals surface area contributed by atoms with Crippen molar-refractivity contribution in [3.05, 3.63) is 0 Å². The summed E-state index contributed by atoms with van der Waals surface area (Å²) in [5.74, 6) is 1.22. The van der Waals surface area contributed by atoms with Crippen molar-refractivity contribution >= 4 is 10.3 Å². The van der Waals surface area contributed by atoms with Crippen LogP contribution in [0.4, 0.5) is 0 Å². The van der Waals surface area contributed by atoms with Gasteiger partial charge in [0.1, 0.15) is 0 Å². The van der Waals surface area contributed by atoms with Crippen LogP contribution >= 0.6 is 10.3 Å². The lowest BCUT2D eigenvalue weighted by molar-refractivity contribution is 0.478. The van der Waals surface area contributed by atoms with Crippen LogP contribution < -0.4 is 5.32 Å². The minimum Gasteiger partial charge on any atom is -0.314 e. The summed E-state index contributed by atoms with van der Waals surface area (Å²) in [6.45, 7) is 6.48. The van der Waals surface area contributed by atoms with Gasteiger partial charge in [0.25, 0.3) is 0 Å². The highest BCUT2D eigenvalue weighted by molar-refractivity contribution is 8.06. The average molecular weight is 161 g/mol. The van der Waals surface area contributed by atoms with Crippen LogP contribution in [-0.4, -0.2) is 24.6 Å². The molecule has 2 heteroatoms. The first kappa shape index (κ1) is 10.1. The third-order valence-corrected chi connectivity index (χ3v) is 3.72. The van der Waals surface area contributed by atoms with Gasteiger partial charge in [-0.15, -0.1) is 5.18 Å². The van der Waals surface area contributed by atoms with Crippen LogP contribution in [0.5, 0.6) is 0 Å². The number of hydrogen-bond donors (Lipinski definition) is 2. The van der Waals surface area contributed by atoms with E-state index in [0.29, 0.717) is 0 Å². The predicted octanol–water partition coefficient (Wildman–Crippen LogP) is 1.59. The third-order valence-electron chi connectivity index (χ3n) is 1.69.